The maximum absolute atomic E-state index is 2.36. The number of hydrogen-bond acceptors (Lipinski definition) is 0. The Morgan fingerprint density at radius 3 is 0.893 bits per heavy atom. The summed E-state index contributed by atoms with van der Waals surface area (Å²) in [5.41, 5.74) is 1.08. The summed E-state index contributed by atoms with van der Waals surface area (Å²) >= 11 is 0. The molecule has 3 fully saturated rings. The fourth-order valence-corrected chi connectivity index (χ4v) is 6.02. The van der Waals surface area contributed by atoms with Gasteiger partial charge in [-0.05, 0) is 82.3 Å². The largest absolute Gasteiger partial charge is 0.0654 e. The molecule has 0 heteroatoms. The van der Waals surface area contributed by atoms with Gasteiger partial charge in [0.15, 0.2) is 0 Å². The van der Waals surface area contributed by atoms with E-state index >= 15 is 0 Å². The fourth-order valence-electron chi connectivity index (χ4n) is 6.02. The minimum atomic E-state index is 0.500. The van der Waals surface area contributed by atoms with Crippen LogP contribution in [0.3, 0.4) is 0 Å². The highest BCUT2D eigenvalue weighted by molar-refractivity contribution is 4.69. The first kappa shape index (κ1) is 65.1. The first-order chi connectivity index (χ1) is 25.7. The van der Waals surface area contributed by atoms with E-state index in [1.807, 2.05) is 0 Å². The third-order valence-corrected chi connectivity index (χ3v) is 14.8. The molecule has 0 heterocycles. The van der Waals surface area contributed by atoms with Gasteiger partial charge in [0.25, 0.3) is 0 Å². The lowest BCUT2D eigenvalue weighted by Gasteiger charge is -2.22. The van der Waals surface area contributed by atoms with Crippen LogP contribution in [0.5, 0.6) is 0 Å². The highest BCUT2D eigenvalue weighted by Gasteiger charge is 2.18. The zero-order chi connectivity index (χ0) is 45.1. The quantitative estimate of drug-likeness (QED) is 0.218. The number of hydrogen-bond donors (Lipinski definition) is 0. The molecule has 7 atom stereocenters. The van der Waals surface area contributed by atoms with E-state index in [-0.39, 0.29) is 0 Å². The van der Waals surface area contributed by atoms with Crippen molar-refractivity contribution in [3.63, 3.8) is 0 Å². The van der Waals surface area contributed by atoms with Crippen LogP contribution < -0.4 is 0 Å². The minimum absolute atomic E-state index is 0.500. The molecular formula is C56H122. The molecule has 56 heavy (non-hydrogen) atoms. The van der Waals surface area contributed by atoms with Gasteiger partial charge in [0, 0.05) is 0 Å². The fraction of sp³-hybridized carbons (Fsp3) is 1.00. The molecule has 0 amide bonds. The molecular weight excluding hydrogens is 673 g/mol. The van der Waals surface area contributed by atoms with E-state index in [4.69, 9.17) is 0 Å². The molecule has 0 aromatic carbocycles. The average Bonchev–Trinajstić information content (AvgIpc) is 3.72. The summed E-state index contributed by atoms with van der Waals surface area (Å²) in [4.78, 5) is 0. The van der Waals surface area contributed by atoms with Crippen molar-refractivity contribution in [2.45, 2.75) is 289 Å². The Morgan fingerprint density at radius 1 is 0.446 bits per heavy atom. The van der Waals surface area contributed by atoms with Gasteiger partial charge < -0.3 is 0 Å². The molecule has 0 aliphatic heterocycles. The van der Waals surface area contributed by atoms with Crippen LogP contribution in [0.25, 0.3) is 0 Å². The standard InChI is InChI=1S/3C7H14.5C7H16/c1-6-3-4-7(2)5-6;1-6-4-3-5-7(6)2;1-7-5-3-2-4-6-7;1-6(2)7(3,4)5;1-5-7(3,4)6-2;2*1-5-7(4)6(2)3;1-4-6-7(3)5-2/h2*6-7H,3-5H2,1-2H3;7H,2-6H2,1H3;6H,1-5H3;5-6H2,1-4H3;2*6-7H,5H2,1-4H3;7H,4-6H2,1-3H3/t2*6-,7?;;;;;;/m11....../s1. The zero-order valence-electron chi connectivity index (χ0n) is 45.1. The number of rotatable bonds is 9. The van der Waals surface area contributed by atoms with Crippen LogP contribution in [-0.2, 0) is 0 Å². The Kier molecular flexibility index (Phi) is 47.0. The van der Waals surface area contributed by atoms with Gasteiger partial charge in [-0.3, -0.25) is 0 Å². The molecule has 3 aliphatic rings. The van der Waals surface area contributed by atoms with E-state index in [1.54, 1.807) is 0 Å². The summed E-state index contributed by atoms with van der Waals surface area (Å²) < 4.78 is 0. The van der Waals surface area contributed by atoms with Gasteiger partial charge in [0.1, 0.15) is 0 Å². The van der Waals surface area contributed by atoms with Crippen molar-refractivity contribution >= 4 is 0 Å². The maximum atomic E-state index is 2.36. The minimum Gasteiger partial charge on any atom is -0.0654 e. The highest BCUT2D eigenvalue weighted by atomic mass is 14.2. The van der Waals surface area contributed by atoms with Crippen LogP contribution in [-0.4, -0.2) is 0 Å². The average molecular weight is 796 g/mol. The zero-order valence-corrected chi connectivity index (χ0v) is 45.1. The van der Waals surface area contributed by atoms with Crippen molar-refractivity contribution in [1.82, 2.24) is 0 Å². The van der Waals surface area contributed by atoms with Crippen LogP contribution in [0, 0.1) is 75.9 Å². The summed E-state index contributed by atoms with van der Waals surface area (Å²) in [6, 6.07) is 0. The Hall–Kier alpha value is 0. The SMILES string of the molecule is CC(C)C(C)(C)C.CC1CCCCC1.CC1CCC[C@H]1C.CC1CC[C@@H](C)C1.CCC(C)(C)CC.CCC(C)C(C)C.CCC(C)C(C)C.CCCC(C)CC. The van der Waals surface area contributed by atoms with Gasteiger partial charge >= 0.3 is 0 Å². The molecule has 3 saturated carbocycles. The van der Waals surface area contributed by atoms with Crippen LogP contribution in [0.4, 0.5) is 0 Å². The summed E-state index contributed by atoms with van der Waals surface area (Å²) in [6.07, 6.45) is 25.6. The Morgan fingerprint density at radius 2 is 0.804 bits per heavy atom. The molecule has 0 bridgehead atoms. The molecule has 0 spiro atoms. The Labute approximate surface area is 363 Å². The Balaban J connectivity index is -0.000000177. The second-order valence-electron chi connectivity index (χ2n) is 22.6. The van der Waals surface area contributed by atoms with Crippen molar-refractivity contribution in [1.29, 1.82) is 0 Å². The molecule has 0 radical (unpaired) electrons. The van der Waals surface area contributed by atoms with E-state index < -0.39 is 0 Å². The third-order valence-electron chi connectivity index (χ3n) is 14.8. The van der Waals surface area contributed by atoms with Crippen LogP contribution >= 0.6 is 0 Å². The van der Waals surface area contributed by atoms with Crippen LogP contribution in [0.15, 0.2) is 0 Å². The normalized spacial score (nSPS) is 22.3. The van der Waals surface area contributed by atoms with Crippen molar-refractivity contribution in [3.8, 4) is 0 Å². The van der Waals surface area contributed by atoms with E-state index in [0.717, 1.165) is 65.1 Å². The molecule has 5 unspecified atom stereocenters. The molecule has 3 rings (SSSR count). The summed E-state index contributed by atoms with van der Waals surface area (Å²) in [5, 5.41) is 0. The van der Waals surface area contributed by atoms with Crippen LogP contribution in [0.2, 0.25) is 0 Å². The smallest absolute Gasteiger partial charge is 0.0359 e. The van der Waals surface area contributed by atoms with Crippen molar-refractivity contribution < 1.29 is 0 Å². The molecule has 3 aliphatic carbocycles. The molecule has 0 nitrogen and oxygen atoms in total. The molecule has 0 N–H and O–H groups in total. The van der Waals surface area contributed by atoms with E-state index in [2.05, 4.69) is 173 Å². The molecule has 0 aromatic heterocycles. The predicted molar refractivity (Wildman–Crippen MR) is 268 cm³/mol. The van der Waals surface area contributed by atoms with Gasteiger partial charge in [-0.1, -0.05) is 282 Å². The van der Waals surface area contributed by atoms with Gasteiger partial charge in [0.05, 0.1) is 0 Å². The van der Waals surface area contributed by atoms with Crippen molar-refractivity contribution in [2.75, 3.05) is 0 Å². The molecule has 0 saturated heterocycles. The Bertz CT molecular complexity index is 681. The monoisotopic (exact) mass is 795 g/mol. The van der Waals surface area contributed by atoms with Gasteiger partial charge in [-0.15, -0.1) is 0 Å². The lowest BCUT2D eigenvalue weighted by atomic mass is 9.84. The van der Waals surface area contributed by atoms with E-state index in [9.17, 15) is 0 Å². The lowest BCUT2D eigenvalue weighted by Crippen LogP contribution is -2.12. The van der Waals surface area contributed by atoms with Gasteiger partial charge in [0.2, 0.25) is 0 Å². The third kappa shape index (κ3) is 48.4. The van der Waals surface area contributed by atoms with Crippen molar-refractivity contribution in [3.05, 3.63) is 0 Å². The molecule has 0 aromatic rings. The predicted octanol–water partition coefficient (Wildman–Crippen LogP) is 21.2. The van der Waals surface area contributed by atoms with E-state index in [0.29, 0.717) is 10.8 Å². The lowest BCUT2D eigenvalue weighted by molar-refractivity contribution is 0.283. The second-order valence-corrected chi connectivity index (χ2v) is 22.6. The topological polar surface area (TPSA) is 0 Å². The van der Waals surface area contributed by atoms with Crippen LogP contribution in [0.1, 0.15) is 289 Å². The highest BCUT2D eigenvalue weighted by Crippen LogP contribution is 2.30. The summed E-state index contributed by atoms with van der Waals surface area (Å²) in [7, 11) is 0. The second kappa shape index (κ2) is 40.4. The molecule has 346 valence electrons. The van der Waals surface area contributed by atoms with Gasteiger partial charge in [-0.2, -0.15) is 0 Å². The van der Waals surface area contributed by atoms with Gasteiger partial charge in [-0.25, -0.2) is 0 Å². The van der Waals surface area contributed by atoms with E-state index in [1.165, 1.54) is 116 Å². The van der Waals surface area contributed by atoms with Crippen molar-refractivity contribution in [2.24, 2.45) is 75.9 Å². The first-order valence-corrected chi connectivity index (χ1v) is 25.7. The summed E-state index contributed by atoms with van der Waals surface area (Å²) in [5.74, 6) is 10.4. The summed E-state index contributed by atoms with van der Waals surface area (Å²) in [6.45, 7) is 57.1. The maximum Gasteiger partial charge on any atom is -0.0359 e. The first-order valence-electron chi connectivity index (χ1n) is 25.7.